The third-order valence-corrected chi connectivity index (χ3v) is 6.36. The first-order valence-corrected chi connectivity index (χ1v) is 11.3. The predicted molar refractivity (Wildman–Crippen MR) is 126 cm³/mol. The van der Waals surface area contributed by atoms with Crippen LogP contribution in [0.3, 0.4) is 0 Å². The fraction of sp³-hybridized carbons (Fsp3) is 0.360. The molecule has 1 saturated heterocycles. The lowest BCUT2D eigenvalue weighted by molar-refractivity contribution is -0.120. The van der Waals surface area contributed by atoms with Crippen molar-refractivity contribution in [2.24, 2.45) is 0 Å². The molecule has 0 atom stereocenters. The van der Waals surface area contributed by atoms with Crippen LogP contribution in [-0.4, -0.2) is 42.1 Å². The van der Waals surface area contributed by atoms with Crippen LogP contribution in [0.4, 0.5) is 8.78 Å². The summed E-state index contributed by atoms with van der Waals surface area (Å²) in [5, 5.41) is 10.0. The monoisotopic (exact) mass is 480 g/mol. The minimum absolute atomic E-state index is 0.0112. The Bertz CT molecular complexity index is 1400. The van der Waals surface area contributed by atoms with E-state index in [1.54, 1.807) is 6.20 Å². The smallest absolute Gasteiger partial charge is 0.299 e. The molecule has 182 valence electrons. The molecule has 1 aliphatic heterocycles. The van der Waals surface area contributed by atoms with Gasteiger partial charge in [-0.1, -0.05) is 0 Å². The van der Waals surface area contributed by atoms with E-state index in [0.29, 0.717) is 5.56 Å². The minimum atomic E-state index is -0.719. The molecule has 4 heterocycles. The third kappa shape index (κ3) is 4.29. The Kier molecular flexibility index (Phi) is 5.43. The highest BCUT2D eigenvalue weighted by molar-refractivity contribution is 5.74. The van der Waals surface area contributed by atoms with Gasteiger partial charge in [0, 0.05) is 51.8 Å². The number of piperidine rings is 1. The van der Waals surface area contributed by atoms with Crippen LogP contribution in [0.5, 0.6) is 5.88 Å². The number of nitrogens with zero attached hydrogens (tertiary/aromatic N) is 4. The van der Waals surface area contributed by atoms with Crippen LogP contribution in [-0.2, 0) is 4.79 Å². The van der Waals surface area contributed by atoms with Gasteiger partial charge in [0.25, 0.3) is 6.47 Å². The number of carbonyl (C=O) groups is 1. The summed E-state index contributed by atoms with van der Waals surface area (Å²) in [5.74, 6) is -1.00. The van der Waals surface area contributed by atoms with Gasteiger partial charge in [-0.2, -0.15) is 5.10 Å². The summed E-state index contributed by atoms with van der Waals surface area (Å²) in [4.78, 5) is 20.4. The average molecular weight is 481 g/mol. The number of nitrogens with one attached hydrogen (secondary N) is 2. The molecule has 8 nitrogen and oxygen atoms in total. The molecule has 10 heteroatoms. The Morgan fingerprint density at radius 3 is 2.43 bits per heavy atom. The second kappa shape index (κ2) is 8.23. The number of rotatable bonds is 5. The van der Waals surface area contributed by atoms with Crippen molar-refractivity contribution >= 4 is 12.2 Å². The van der Waals surface area contributed by atoms with Gasteiger partial charge in [0.2, 0.25) is 11.7 Å². The third-order valence-electron chi connectivity index (χ3n) is 6.36. The molecule has 2 N–H and O–H groups in total. The maximum atomic E-state index is 15.2. The van der Waals surface area contributed by atoms with E-state index >= 15 is 4.39 Å². The van der Waals surface area contributed by atoms with Gasteiger partial charge < -0.3 is 10.1 Å². The van der Waals surface area contributed by atoms with Crippen molar-refractivity contribution < 1.29 is 18.3 Å². The van der Waals surface area contributed by atoms with Gasteiger partial charge in [-0.05, 0) is 58.7 Å². The normalized spacial score (nSPS) is 17.5. The number of aromatic amines is 1. The van der Waals surface area contributed by atoms with Crippen LogP contribution in [0.2, 0.25) is 0 Å². The highest BCUT2D eigenvalue weighted by Gasteiger charge is 2.39. The van der Waals surface area contributed by atoms with E-state index in [4.69, 9.17) is 9.72 Å². The number of benzene rings is 1. The molecule has 0 saturated carbocycles. The van der Waals surface area contributed by atoms with Crippen LogP contribution in [0.15, 0.2) is 36.8 Å². The van der Waals surface area contributed by atoms with Crippen LogP contribution in [0.1, 0.15) is 52.1 Å². The van der Waals surface area contributed by atoms with Gasteiger partial charge in [-0.15, -0.1) is 0 Å². The van der Waals surface area contributed by atoms with Crippen LogP contribution < -0.4 is 10.1 Å². The van der Waals surface area contributed by atoms with Gasteiger partial charge in [0.05, 0.1) is 6.20 Å². The van der Waals surface area contributed by atoms with Crippen molar-refractivity contribution in [2.75, 3.05) is 0 Å². The summed E-state index contributed by atoms with van der Waals surface area (Å²) in [6.45, 7) is 8.87. The molecule has 1 aromatic carbocycles. The van der Waals surface area contributed by atoms with Crippen molar-refractivity contribution in [3.8, 4) is 28.3 Å². The molecule has 4 aromatic rings. The molecule has 1 fully saturated rings. The fourth-order valence-corrected chi connectivity index (χ4v) is 5.36. The number of carbonyl (C=O) groups excluding carboxylic acids is 1. The number of ether oxygens (including phenoxy) is 1. The zero-order chi connectivity index (χ0) is 25.0. The maximum Gasteiger partial charge on any atom is 0.299 e. The van der Waals surface area contributed by atoms with E-state index in [9.17, 15) is 9.18 Å². The highest BCUT2D eigenvalue weighted by atomic mass is 19.1. The number of H-pyrrole nitrogens is 1. The highest BCUT2D eigenvalue weighted by Crippen LogP contribution is 2.40. The minimum Gasteiger partial charge on any atom is -0.409 e. The molecule has 0 aliphatic carbocycles. The van der Waals surface area contributed by atoms with Gasteiger partial charge in [0.15, 0.2) is 0 Å². The first-order chi connectivity index (χ1) is 16.6. The summed E-state index contributed by atoms with van der Waals surface area (Å²) in [7, 11) is 0. The molecule has 35 heavy (non-hydrogen) atoms. The number of imidazole rings is 1. The molecule has 0 unspecified atom stereocenters. The van der Waals surface area contributed by atoms with E-state index in [1.807, 2.05) is 6.07 Å². The van der Waals surface area contributed by atoms with Crippen molar-refractivity contribution in [1.29, 1.82) is 0 Å². The molecule has 1 aliphatic rings. The molecule has 0 radical (unpaired) electrons. The van der Waals surface area contributed by atoms with Gasteiger partial charge in [0.1, 0.15) is 17.3 Å². The van der Waals surface area contributed by atoms with Crippen LogP contribution in [0, 0.1) is 11.6 Å². The van der Waals surface area contributed by atoms with E-state index in [-0.39, 0.29) is 51.9 Å². The maximum absolute atomic E-state index is 15.2. The Labute approximate surface area is 200 Å². The summed E-state index contributed by atoms with van der Waals surface area (Å²) in [6.07, 6.45) is 6.32. The molecule has 5 rings (SSSR count). The van der Waals surface area contributed by atoms with Crippen LogP contribution >= 0.6 is 0 Å². The molecule has 3 aromatic heterocycles. The number of hydrogen-bond acceptors (Lipinski definition) is 6. The SMILES string of the molecule is CC1(C)CC(c2ccn3c(OC=O)c(-c4cc(F)c(-c5cn[nH]c5)cc4F)nc3n2)CC(C)(C)N1. The lowest BCUT2D eigenvalue weighted by Gasteiger charge is -2.46. The van der Waals surface area contributed by atoms with E-state index in [1.165, 1.54) is 16.8 Å². The lowest BCUT2D eigenvalue weighted by atomic mass is 9.74. The van der Waals surface area contributed by atoms with E-state index in [0.717, 1.165) is 30.7 Å². The first kappa shape index (κ1) is 23.1. The standard InChI is InChI=1S/C25H26F2N6O2/c1-24(2)9-14(10-25(3,4)32-24)20-5-6-33-22(35-13-34)21(31-23(33)30-20)17-8-18(26)16(7-19(17)27)15-11-28-29-12-15/h5-8,11-14,32H,9-10H2,1-4H3,(H,28,29). The predicted octanol–water partition coefficient (Wildman–Crippen LogP) is 4.62. The number of aromatic nitrogens is 5. The van der Waals surface area contributed by atoms with Crippen LogP contribution in [0.25, 0.3) is 28.2 Å². The summed E-state index contributed by atoms with van der Waals surface area (Å²) in [6, 6.07) is 3.97. The van der Waals surface area contributed by atoms with Gasteiger partial charge >= 0.3 is 0 Å². The summed E-state index contributed by atoms with van der Waals surface area (Å²) in [5.41, 5.74) is 1.00. The first-order valence-electron chi connectivity index (χ1n) is 11.3. The Balaban J connectivity index is 1.60. The van der Waals surface area contributed by atoms with Gasteiger partial charge in [-0.25, -0.2) is 18.7 Å². The summed E-state index contributed by atoms with van der Waals surface area (Å²) < 4.78 is 36.7. The van der Waals surface area contributed by atoms with Crippen molar-refractivity contribution in [3.05, 3.63) is 54.1 Å². The molecular formula is C25H26F2N6O2. The fourth-order valence-electron chi connectivity index (χ4n) is 5.36. The van der Waals surface area contributed by atoms with Crippen molar-refractivity contribution in [1.82, 2.24) is 29.9 Å². The quantitative estimate of drug-likeness (QED) is 0.405. The number of fused-ring (bicyclic) bond motifs is 1. The van der Waals surface area contributed by atoms with E-state index < -0.39 is 11.6 Å². The molecule has 0 amide bonds. The Morgan fingerprint density at radius 1 is 1.09 bits per heavy atom. The molecular weight excluding hydrogens is 454 g/mol. The average Bonchev–Trinajstić information content (AvgIpc) is 3.41. The zero-order valence-corrected chi connectivity index (χ0v) is 19.9. The Hall–Kier alpha value is -3.66. The van der Waals surface area contributed by atoms with Crippen molar-refractivity contribution in [2.45, 2.75) is 57.5 Å². The topological polar surface area (TPSA) is 97.2 Å². The lowest BCUT2D eigenvalue weighted by Crippen LogP contribution is -2.57. The Morgan fingerprint density at radius 2 is 1.77 bits per heavy atom. The van der Waals surface area contributed by atoms with Crippen molar-refractivity contribution in [3.63, 3.8) is 0 Å². The summed E-state index contributed by atoms with van der Waals surface area (Å²) >= 11 is 0. The van der Waals surface area contributed by atoms with E-state index in [2.05, 4.69) is 48.2 Å². The number of halogens is 2. The van der Waals surface area contributed by atoms with Gasteiger partial charge in [-0.3, -0.25) is 14.3 Å². The largest absolute Gasteiger partial charge is 0.409 e. The number of hydrogen-bond donors (Lipinski definition) is 2. The molecule has 0 bridgehead atoms. The second-order valence-corrected chi connectivity index (χ2v) is 10.3. The molecule has 0 spiro atoms. The zero-order valence-electron chi connectivity index (χ0n) is 19.9. The second-order valence-electron chi connectivity index (χ2n) is 10.3.